The molecule has 0 heterocycles. The molecular formula is C41H82O2. The molecule has 0 atom stereocenters. The van der Waals surface area contributed by atoms with Gasteiger partial charge in [-0.25, -0.2) is 0 Å². The molecule has 0 saturated carbocycles. The lowest BCUT2D eigenvalue weighted by Gasteiger charge is -2.06. The predicted octanol–water partition coefficient (Wildman–Crippen LogP) is 15.0. The number of carbonyl (C=O) groups excluding carboxylic acids is 1. The van der Waals surface area contributed by atoms with E-state index >= 15 is 0 Å². The van der Waals surface area contributed by atoms with Crippen molar-refractivity contribution in [3.05, 3.63) is 0 Å². The number of esters is 1. The summed E-state index contributed by atoms with van der Waals surface area (Å²) in [4.78, 5) is 12.0. The summed E-state index contributed by atoms with van der Waals surface area (Å²) in [7, 11) is 0. The molecule has 0 aromatic rings. The quantitative estimate of drug-likeness (QED) is 0.0516. The summed E-state index contributed by atoms with van der Waals surface area (Å²) in [5.41, 5.74) is 0. The van der Waals surface area contributed by atoms with Crippen molar-refractivity contribution < 1.29 is 9.53 Å². The number of hydrogen-bond acceptors (Lipinski definition) is 2. The molecule has 0 bridgehead atoms. The van der Waals surface area contributed by atoms with Crippen LogP contribution in [0.2, 0.25) is 0 Å². The second-order valence-corrected chi connectivity index (χ2v) is 14.0. The first kappa shape index (κ1) is 42.5. The first-order chi connectivity index (χ1) is 21.3. The van der Waals surface area contributed by atoms with E-state index in [1.807, 2.05) is 0 Å². The fourth-order valence-corrected chi connectivity index (χ4v) is 6.43. The van der Waals surface area contributed by atoms with Crippen LogP contribution in [0, 0.1) is 0 Å². The highest BCUT2D eigenvalue weighted by Crippen LogP contribution is 2.16. The topological polar surface area (TPSA) is 26.3 Å². The van der Waals surface area contributed by atoms with Crippen LogP contribution < -0.4 is 0 Å². The van der Waals surface area contributed by atoms with Gasteiger partial charge < -0.3 is 4.74 Å². The van der Waals surface area contributed by atoms with Crippen LogP contribution in [0.1, 0.15) is 251 Å². The van der Waals surface area contributed by atoms with E-state index in [4.69, 9.17) is 4.74 Å². The van der Waals surface area contributed by atoms with E-state index in [1.165, 1.54) is 218 Å². The molecular weight excluding hydrogens is 524 g/mol. The normalized spacial score (nSPS) is 11.4. The van der Waals surface area contributed by atoms with Gasteiger partial charge >= 0.3 is 5.97 Å². The van der Waals surface area contributed by atoms with Gasteiger partial charge in [-0.1, -0.05) is 232 Å². The Morgan fingerprint density at radius 3 is 0.767 bits per heavy atom. The Hall–Kier alpha value is -0.530. The molecule has 0 saturated heterocycles. The maximum atomic E-state index is 12.0. The zero-order chi connectivity index (χ0) is 31.2. The van der Waals surface area contributed by atoms with Crippen molar-refractivity contribution in [3.63, 3.8) is 0 Å². The van der Waals surface area contributed by atoms with Crippen LogP contribution in [-0.2, 0) is 9.53 Å². The minimum absolute atomic E-state index is 0.0309. The van der Waals surface area contributed by atoms with Gasteiger partial charge in [0.05, 0.1) is 6.61 Å². The van der Waals surface area contributed by atoms with Gasteiger partial charge in [-0.3, -0.25) is 4.79 Å². The van der Waals surface area contributed by atoms with Crippen molar-refractivity contribution in [3.8, 4) is 0 Å². The molecule has 43 heavy (non-hydrogen) atoms. The van der Waals surface area contributed by atoms with Crippen LogP contribution in [-0.4, -0.2) is 12.6 Å². The molecule has 2 nitrogen and oxygen atoms in total. The van der Waals surface area contributed by atoms with Crippen molar-refractivity contribution in [2.24, 2.45) is 0 Å². The van der Waals surface area contributed by atoms with Gasteiger partial charge in [0.2, 0.25) is 0 Å². The summed E-state index contributed by atoms with van der Waals surface area (Å²) >= 11 is 0. The molecule has 0 amide bonds. The molecule has 0 aliphatic carbocycles. The summed E-state index contributed by atoms with van der Waals surface area (Å²) in [6.07, 6.45) is 50.5. The van der Waals surface area contributed by atoms with E-state index in [0.29, 0.717) is 13.0 Å². The highest BCUT2D eigenvalue weighted by atomic mass is 16.5. The molecule has 0 rings (SSSR count). The minimum Gasteiger partial charge on any atom is -0.466 e. The van der Waals surface area contributed by atoms with Crippen LogP contribution >= 0.6 is 0 Å². The van der Waals surface area contributed by atoms with Crippen LogP contribution in [0.15, 0.2) is 0 Å². The Labute approximate surface area is 273 Å². The lowest BCUT2D eigenvalue weighted by Crippen LogP contribution is -2.05. The Balaban J connectivity index is 3.14. The Bertz CT molecular complexity index is 502. The van der Waals surface area contributed by atoms with E-state index in [9.17, 15) is 4.79 Å². The molecule has 0 aromatic heterocycles. The molecule has 0 spiro atoms. The zero-order valence-corrected chi connectivity index (χ0v) is 30.2. The van der Waals surface area contributed by atoms with E-state index in [2.05, 4.69) is 13.8 Å². The van der Waals surface area contributed by atoms with Gasteiger partial charge in [-0.2, -0.15) is 0 Å². The van der Waals surface area contributed by atoms with Crippen LogP contribution in [0.3, 0.4) is 0 Å². The van der Waals surface area contributed by atoms with Crippen LogP contribution in [0.5, 0.6) is 0 Å². The average Bonchev–Trinajstić information content (AvgIpc) is 3.01. The Morgan fingerprint density at radius 2 is 0.512 bits per heavy atom. The van der Waals surface area contributed by atoms with Gasteiger partial charge in [0.1, 0.15) is 0 Å². The zero-order valence-electron chi connectivity index (χ0n) is 30.2. The largest absolute Gasteiger partial charge is 0.466 e. The SMILES string of the molecule is CCCCCCCCCCCCCCCCCCCCCOC(=O)CCCCCCCCCCCCCCCCCCC. The van der Waals surface area contributed by atoms with E-state index in [0.717, 1.165) is 12.8 Å². The van der Waals surface area contributed by atoms with E-state index in [-0.39, 0.29) is 5.97 Å². The highest BCUT2D eigenvalue weighted by molar-refractivity contribution is 5.69. The number of ether oxygens (including phenoxy) is 1. The first-order valence-corrected chi connectivity index (χ1v) is 20.5. The van der Waals surface area contributed by atoms with Gasteiger partial charge in [0, 0.05) is 6.42 Å². The number of hydrogen-bond donors (Lipinski definition) is 0. The van der Waals surface area contributed by atoms with Crippen molar-refractivity contribution in [2.45, 2.75) is 251 Å². The van der Waals surface area contributed by atoms with Crippen molar-refractivity contribution in [1.82, 2.24) is 0 Å². The lowest BCUT2D eigenvalue weighted by molar-refractivity contribution is -0.143. The Kier molecular flexibility index (Phi) is 39.0. The summed E-state index contributed by atoms with van der Waals surface area (Å²) in [5, 5.41) is 0. The fourth-order valence-electron chi connectivity index (χ4n) is 6.43. The molecule has 258 valence electrons. The van der Waals surface area contributed by atoms with Gasteiger partial charge in [-0.05, 0) is 12.8 Å². The summed E-state index contributed by atoms with van der Waals surface area (Å²) < 4.78 is 5.47. The molecule has 0 aromatic carbocycles. The molecule has 0 N–H and O–H groups in total. The third kappa shape index (κ3) is 39.4. The second-order valence-electron chi connectivity index (χ2n) is 14.0. The van der Waals surface area contributed by atoms with Gasteiger partial charge in [-0.15, -0.1) is 0 Å². The van der Waals surface area contributed by atoms with Crippen molar-refractivity contribution in [2.75, 3.05) is 6.61 Å². The van der Waals surface area contributed by atoms with E-state index < -0.39 is 0 Å². The monoisotopic (exact) mass is 607 g/mol. The summed E-state index contributed by atoms with van der Waals surface area (Å²) in [6, 6.07) is 0. The highest BCUT2D eigenvalue weighted by Gasteiger charge is 2.03. The van der Waals surface area contributed by atoms with Crippen molar-refractivity contribution >= 4 is 5.97 Å². The minimum atomic E-state index is 0.0309. The van der Waals surface area contributed by atoms with Gasteiger partial charge in [0.25, 0.3) is 0 Å². The van der Waals surface area contributed by atoms with Gasteiger partial charge in [0.15, 0.2) is 0 Å². The third-order valence-corrected chi connectivity index (χ3v) is 9.50. The number of carbonyl (C=O) groups is 1. The molecule has 0 aliphatic rings. The maximum Gasteiger partial charge on any atom is 0.305 e. The number of rotatable bonds is 38. The lowest BCUT2D eigenvalue weighted by atomic mass is 10.0. The average molecular weight is 607 g/mol. The Morgan fingerprint density at radius 1 is 0.302 bits per heavy atom. The summed E-state index contributed by atoms with van der Waals surface area (Å²) in [6.45, 7) is 5.23. The standard InChI is InChI=1S/C41H82O2/c1-3-5-7-9-11-13-15-17-19-21-22-24-26-28-30-32-34-36-38-40-43-41(42)39-37-35-33-31-29-27-25-23-20-18-16-14-12-10-8-6-4-2/h3-40H2,1-2H3. The molecule has 0 unspecified atom stereocenters. The predicted molar refractivity (Wildman–Crippen MR) is 193 cm³/mol. The molecule has 0 aliphatic heterocycles. The first-order valence-electron chi connectivity index (χ1n) is 20.5. The molecule has 0 radical (unpaired) electrons. The summed E-state index contributed by atoms with van der Waals surface area (Å²) in [5.74, 6) is 0.0309. The maximum absolute atomic E-state index is 12.0. The third-order valence-electron chi connectivity index (χ3n) is 9.50. The van der Waals surface area contributed by atoms with E-state index in [1.54, 1.807) is 0 Å². The molecule has 0 fully saturated rings. The molecule has 2 heteroatoms. The van der Waals surface area contributed by atoms with Crippen LogP contribution in [0.25, 0.3) is 0 Å². The van der Waals surface area contributed by atoms with Crippen molar-refractivity contribution in [1.29, 1.82) is 0 Å². The fraction of sp³-hybridized carbons (Fsp3) is 0.976. The van der Waals surface area contributed by atoms with Crippen LogP contribution in [0.4, 0.5) is 0 Å². The number of unbranched alkanes of at least 4 members (excludes halogenated alkanes) is 34. The second kappa shape index (κ2) is 39.5. The smallest absolute Gasteiger partial charge is 0.305 e.